The van der Waals surface area contributed by atoms with Crippen LogP contribution in [-0.2, 0) is 0 Å². The first-order chi connectivity index (χ1) is 4.81. The summed E-state index contributed by atoms with van der Waals surface area (Å²) in [4.78, 5) is 4.52. The van der Waals surface area contributed by atoms with Gasteiger partial charge >= 0.3 is 0 Å². The van der Waals surface area contributed by atoms with Crippen molar-refractivity contribution < 1.29 is 0 Å². The lowest BCUT2D eigenvalue weighted by atomic mass is 9.96. The van der Waals surface area contributed by atoms with E-state index in [0.29, 0.717) is 5.41 Å². The van der Waals surface area contributed by atoms with Gasteiger partial charge < -0.3 is 0 Å². The number of rotatable bonds is 3. The quantitative estimate of drug-likeness (QED) is 0.574. The van der Waals surface area contributed by atoms with Gasteiger partial charge in [-0.3, -0.25) is 9.80 Å². The zero-order valence-corrected chi connectivity index (χ0v) is 8.81. The van der Waals surface area contributed by atoms with E-state index in [1.54, 1.807) is 0 Å². The van der Waals surface area contributed by atoms with E-state index in [9.17, 15) is 0 Å². The van der Waals surface area contributed by atoms with E-state index in [-0.39, 0.29) is 0 Å². The summed E-state index contributed by atoms with van der Waals surface area (Å²) >= 11 is 0. The average molecular weight is 158 g/mol. The molecule has 0 heterocycles. The lowest BCUT2D eigenvalue weighted by Gasteiger charge is -2.28. The van der Waals surface area contributed by atoms with Crippen LogP contribution in [0.25, 0.3) is 0 Å². The van der Waals surface area contributed by atoms with Crippen LogP contribution in [0.4, 0.5) is 0 Å². The summed E-state index contributed by atoms with van der Waals surface area (Å²) in [5, 5.41) is 0. The second-order valence-electron chi connectivity index (χ2n) is 4.80. The Hall–Kier alpha value is -0.0800. The molecule has 0 unspecified atom stereocenters. The van der Waals surface area contributed by atoms with Crippen LogP contribution in [0, 0.1) is 5.41 Å². The van der Waals surface area contributed by atoms with Crippen molar-refractivity contribution in [2.75, 3.05) is 34.4 Å². The zero-order chi connectivity index (χ0) is 9.07. The Kier molecular flexibility index (Phi) is 4.04. The summed E-state index contributed by atoms with van der Waals surface area (Å²) < 4.78 is 0. The molecule has 0 saturated carbocycles. The second-order valence-corrected chi connectivity index (χ2v) is 4.80. The molecule has 2 nitrogen and oxygen atoms in total. The lowest BCUT2D eigenvalue weighted by Crippen LogP contribution is -2.36. The molecule has 0 aromatic heterocycles. The molecule has 0 saturated heterocycles. The van der Waals surface area contributed by atoms with Crippen molar-refractivity contribution in [3.05, 3.63) is 0 Å². The van der Waals surface area contributed by atoms with E-state index in [4.69, 9.17) is 0 Å². The van der Waals surface area contributed by atoms with Crippen molar-refractivity contribution in [1.29, 1.82) is 0 Å². The highest BCUT2D eigenvalue weighted by atomic mass is 15.3. The minimum absolute atomic E-state index is 0.408. The standard InChI is InChI=1S/C9H22N2/c1-9(2,3)7-11(6)8-10(4)5/h7-8H2,1-6H3. The van der Waals surface area contributed by atoms with Gasteiger partial charge in [-0.1, -0.05) is 20.8 Å². The van der Waals surface area contributed by atoms with Crippen molar-refractivity contribution in [3.63, 3.8) is 0 Å². The molecular weight excluding hydrogens is 136 g/mol. The van der Waals surface area contributed by atoms with Crippen LogP contribution in [0.3, 0.4) is 0 Å². The Morgan fingerprint density at radius 3 is 1.73 bits per heavy atom. The SMILES string of the molecule is CN(C)CN(C)CC(C)(C)C. The monoisotopic (exact) mass is 158 g/mol. The normalized spacial score (nSPS) is 13.1. The Bertz CT molecular complexity index is 103. The number of hydrogen-bond donors (Lipinski definition) is 0. The maximum Gasteiger partial charge on any atom is 0.0498 e. The fourth-order valence-corrected chi connectivity index (χ4v) is 1.34. The smallest absolute Gasteiger partial charge is 0.0498 e. The molecule has 0 rings (SSSR count). The van der Waals surface area contributed by atoms with Crippen LogP contribution < -0.4 is 0 Å². The van der Waals surface area contributed by atoms with Gasteiger partial charge in [-0.2, -0.15) is 0 Å². The minimum atomic E-state index is 0.408. The van der Waals surface area contributed by atoms with E-state index in [1.165, 1.54) is 0 Å². The van der Waals surface area contributed by atoms with Gasteiger partial charge in [0.1, 0.15) is 0 Å². The molecule has 0 aromatic carbocycles. The molecule has 0 bridgehead atoms. The highest BCUT2D eigenvalue weighted by molar-refractivity contribution is 4.65. The van der Waals surface area contributed by atoms with Crippen LogP contribution >= 0.6 is 0 Å². The first kappa shape index (κ1) is 10.9. The highest BCUT2D eigenvalue weighted by Crippen LogP contribution is 2.13. The Labute approximate surface area is 71.2 Å². The minimum Gasteiger partial charge on any atom is -0.297 e. The number of nitrogens with zero attached hydrogens (tertiary/aromatic N) is 2. The maximum atomic E-state index is 2.33. The van der Waals surface area contributed by atoms with E-state index < -0.39 is 0 Å². The first-order valence-corrected chi connectivity index (χ1v) is 4.14. The predicted molar refractivity (Wildman–Crippen MR) is 50.6 cm³/mol. The molecule has 0 spiro atoms. The van der Waals surface area contributed by atoms with Gasteiger partial charge in [0.25, 0.3) is 0 Å². The van der Waals surface area contributed by atoms with E-state index in [2.05, 4.69) is 51.7 Å². The first-order valence-electron chi connectivity index (χ1n) is 4.14. The maximum absolute atomic E-state index is 2.33. The fraction of sp³-hybridized carbons (Fsp3) is 1.00. The molecule has 0 amide bonds. The summed E-state index contributed by atoms with van der Waals surface area (Å²) in [7, 11) is 6.35. The molecule has 0 fully saturated rings. The topological polar surface area (TPSA) is 6.48 Å². The molecule has 0 aliphatic heterocycles. The summed E-state index contributed by atoms with van der Waals surface area (Å²) in [5.74, 6) is 0. The summed E-state index contributed by atoms with van der Waals surface area (Å²) in [6.45, 7) is 8.97. The van der Waals surface area contributed by atoms with Crippen molar-refractivity contribution in [3.8, 4) is 0 Å². The lowest BCUT2D eigenvalue weighted by molar-refractivity contribution is 0.159. The molecular formula is C9H22N2. The molecule has 0 aliphatic rings. The van der Waals surface area contributed by atoms with Crippen molar-refractivity contribution in [1.82, 2.24) is 9.80 Å². The molecule has 0 aromatic rings. The molecule has 0 aliphatic carbocycles. The predicted octanol–water partition coefficient (Wildman–Crippen LogP) is 1.48. The van der Waals surface area contributed by atoms with Crippen molar-refractivity contribution in [2.24, 2.45) is 5.41 Å². The second kappa shape index (κ2) is 4.07. The highest BCUT2D eigenvalue weighted by Gasteiger charge is 2.13. The van der Waals surface area contributed by atoms with Gasteiger partial charge in [0.15, 0.2) is 0 Å². The van der Waals surface area contributed by atoms with E-state index in [0.717, 1.165) is 13.2 Å². The molecule has 68 valence electrons. The van der Waals surface area contributed by atoms with Crippen LogP contribution in [0.5, 0.6) is 0 Å². The van der Waals surface area contributed by atoms with Gasteiger partial charge in [-0.05, 0) is 26.6 Å². The molecule has 2 heteroatoms. The van der Waals surface area contributed by atoms with Crippen LogP contribution in [0.1, 0.15) is 20.8 Å². The Morgan fingerprint density at radius 2 is 1.45 bits per heavy atom. The zero-order valence-electron chi connectivity index (χ0n) is 8.81. The molecule has 0 N–H and O–H groups in total. The Morgan fingerprint density at radius 1 is 1.00 bits per heavy atom. The van der Waals surface area contributed by atoms with Gasteiger partial charge in [0.2, 0.25) is 0 Å². The third-order valence-corrected chi connectivity index (χ3v) is 1.27. The van der Waals surface area contributed by atoms with Gasteiger partial charge in [-0.25, -0.2) is 0 Å². The third-order valence-electron chi connectivity index (χ3n) is 1.27. The van der Waals surface area contributed by atoms with Crippen molar-refractivity contribution >= 4 is 0 Å². The largest absolute Gasteiger partial charge is 0.297 e. The summed E-state index contributed by atoms with van der Waals surface area (Å²) in [5.41, 5.74) is 0.408. The van der Waals surface area contributed by atoms with Crippen LogP contribution in [-0.4, -0.2) is 44.2 Å². The van der Waals surface area contributed by atoms with Gasteiger partial charge in [0, 0.05) is 13.2 Å². The molecule has 0 atom stereocenters. The third kappa shape index (κ3) is 7.82. The average Bonchev–Trinajstić information content (AvgIpc) is 1.53. The van der Waals surface area contributed by atoms with E-state index >= 15 is 0 Å². The summed E-state index contributed by atoms with van der Waals surface area (Å²) in [6.07, 6.45) is 0. The van der Waals surface area contributed by atoms with Crippen LogP contribution in [0.15, 0.2) is 0 Å². The Balaban J connectivity index is 3.61. The van der Waals surface area contributed by atoms with Crippen molar-refractivity contribution in [2.45, 2.75) is 20.8 Å². The van der Waals surface area contributed by atoms with Gasteiger partial charge in [-0.15, -0.1) is 0 Å². The van der Waals surface area contributed by atoms with Gasteiger partial charge in [0.05, 0.1) is 0 Å². The number of hydrogen-bond acceptors (Lipinski definition) is 2. The van der Waals surface area contributed by atoms with E-state index in [1.807, 2.05) is 0 Å². The summed E-state index contributed by atoms with van der Waals surface area (Å²) in [6, 6.07) is 0. The molecule has 11 heavy (non-hydrogen) atoms. The molecule has 0 radical (unpaired) electrons. The fourth-order valence-electron chi connectivity index (χ4n) is 1.34. The van der Waals surface area contributed by atoms with Crippen LogP contribution in [0.2, 0.25) is 0 Å².